The van der Waals surface area contributed by atoms with E-state index in [0.717, 1.165) is 36.3 Å². The minimum atomic E-state index is -0.188. The smallest absolute Gasteiger partial charge is 0.305 e. The quantitative estimate of drug-likeness (QED) is 0.503. The summed E-state index contributed by atoms with van der Waals surface area (Å²) in [7, 11) is 3.37. The van der Waals surface area contributed by atoms with Crippen molar-refractivity contribution < 1.29 is 14.3 Å². The first kappa shape index (κ1) is 19.5. The summed E-state index contributed by atoms with van der Waals surface area (Å²) in [6.45, 7) is 3.73. The third-order valence-corrected chi connectivity index (χ3v) is 4.90. The van der Waals surface area contributed by atoms with Crippen LogP contribution in [0.25, 0.3) is 11.1 Å². The molecule has 0 fully saturated rings. The van der Waals surface area contributed by atoms with Gasteiger partial charge in [0.1, 0.15) is 5.75 Å². The van der Waals surface area contributed by atoms with Crippen LogP contribution in [0.1, 0.15) is 36.6 Å². The molecule has 0 aliphatic carbocycles. The van der Waals surface area contributed by atoms with Gasteiger partial charge in [-0.2, -0.15) is 0 Å². The fourth-order valence-corrected chi connectivity index (χ4v) is 3.44. The Kier molecular flexibility index (Phi) is 7.95. The molecule has 4 nitrogen and oxygen atoms in total. The van der Waals surface area contributed by atoms with Gasteiger partial charge in [-0.1, -0.05) is 25.5 Å². The number of rotatable bonds is 10. The maximum atomic E-state index is 11.4. The van der Waals surface area contributed by atoms with E-state index >= 15 is 0 Å². The van der Waals surface area contributed by atoms with E-state index in [4.69, 9.17) is 9.47 Å². The second-order valence-corrected chi connectivity index (χ2v) is 6.94. The molecule has 0 atom stereocenters. The van der Waals surface area contributed by atoms with Gasteiger partial charge in [-0.25, -0.2) is 0 Å². The van der Waals surface area contributed by atoms with Crippen LogP contribution in [0.3, 0.4) is 0 Å². The summed E-state index contributed by atoms with van der Waals surface area (Å²) < 4.78 is 10.8. The second kappa shape index (κ2) is 10.2. The van der Waals surface area contributed by atoms with E-state index < -0.39 is 0 Å². The van der Waals surface area contributed by atoms with Crippen molar-refractivity contribution in [3.8, 4) is 16.9 Å². The molecule has 1 aromatic heterocycles. The van der Waals surface area contributed by atoms with E-state index in [-0.39, 0.29) is 5.97 Å². The molecule has 1 heterocycles. The van der Waals surface area contributed by atoms with Gasteiger partial charge in [-0.15, -0.1) is 11.3 Å². The minimum absolute atomic E-state index is 0.188. The Morgan fingerprint density at radius 1 is 1.28 bits per heavy atom. The first-order chi connectivity index (χ1) is 12.2. The molecular formula is C20H27NO3S. The number of unbranched alkanes of at least 4 members (excludes halogenated alkanes) is 1. The first-order valence-corrected chi connectivity index (χ1v) is 9.60. The van der Waals surface area contributed by atoms with Gasteiger partial charge in [0.05, 0.1) is 13.7 Å². The van der Waals surface area contributed by atoms with Gasteiger partial charge in [-0.05, 0) is 48.5 Å². The topological polar surface area (TPSA) is 47.6 Å². The van der Waals surface area contributed by atoms with Gasteiger partial charge in [-0.3, -0.25) is 4.79 Å². The number of carbonyl (C=O) groups is 1. The lowest BCUT2D eigenvalue weighted by Gasteiger charge is -2.12. The minimum Gasteiger partial charge on any atom is -0.493 e. The molecule has 0 unspecified atom stereocenters. The van der Waals surface area contributed by atoms with Gasteiger partial charge in [0.15, 0.2) is 0 Å². The Hall–Kier alpha value is -1.85. The van der Waals surface area contributed by atoms with Crippen molar-refractivity contribution in [1.82, 2.24) is 5.32 Å². The molecule has 0 spiro atoms. The van der Waals surface area contributed by atoms with Gasteiger partial charge < -0.3 is 14.8 Å². The van der Waals surface area contributed by atoms with E-state index in [1.165, 1.54) is 17.6 Å². The van der Waals surface area contributed by atoms with E-state index in [1.807, 2.05) is 7.05 Å². The van der Waals surface area contributed by atoms with Crippen LogP contribution in [0, 0.1) is 0 Å². The Labute approximate surface area is 154 Å². The van der Waals surface area contributed by atoms with E-state index in [2.05, 4.69) is 41.9 Å². The number of nitrogens with one attached hydrogen (secondary N) is 1. The number of esters is 1. The summed E-state index contributed by atoms with van der Waals surface area (Å²) in [5.74, 6) is 0.705. The molecule has 5 heteroatoms. The SMILES string of the molecule is CCCCOc1cc(CCC(=O)OC)ccc1-c1csc(CNC)c1. The van der Waals surface area contributed by atoms with Gasteiger partial charge >= 0.3 is 5.97 Å². The van der Waals surface area contributed by atoms with Crippen molar-refractivity contribution in [2.75, 3.05) is 20.8 Å². The zero-order chi connectivity index (χ0) is 18.1. The molecule has 1 aromatic carbocycles. The number of thiophene rings is 1. The van der Waals surface area contributed by atoms with Crippen LogP contribution in [0.4, 0.5) is 0 Å². The number of carbonyl (C=O) groups excluding carboxylic acids is 1. The standard InChI is InChI=1S/C20H27NO3S/c1-4-5-10-24-19-11-15(7-9-20(22)23-3)6-8-18(19)16-12-17(13-21-2)25-14-16/h6,8,11-12,14,21H,4-5,7,9-10,13H2,1-3H3. The predicted molar refractivity (Wildman–Crippen MR) is 103 cm³/mol. The lowest BCUT2D eigenvalue weighted by atomic mass is 10.0. The fraction of sp³-hybridized carbons (Fsp3) is 0.450. The molecule has 1 N–H and O–H groups in total. The maximum absolute atomic E-state index is 11.4. The third kappa shape index (κ3) is 5.87. The molecule has 0 saturated carbocycles. The van der Waals surface area contributed by atoms with Crippen LogP contribution in [0.5, 0.6) is 5.75 Å². The lowest BCUT2D eigenvalue weighted by molar-refractivity contribution is -0.140. The summed E-state index contributed by atoms with van der Waals surface area (Å²) in [5, 5.41) is 5.35. The van der Waals surface area contributed by atoms with Gasteiger partial charge in [0.25, 0.3) is 0 Å². The van der Waals surface area contributed by atoms with Crippen LogP contribution in [-0.4, -0.2) is 26.7 Å². The lowest BCUT2D eigenvalue weighted by Crippen LogP contribution is -2.03. The number of ether oxygens (including phenoxy) is 2. The Balaban J connectivity index is 2.21. The highest BCUT2D eigenvalue weighted by Crippen LogP contribution is 2.34. The third-order valence-electron chi connectivity index (χ3n) is 3.96. The second-order valence-electron chi connectivity index (χ2n) is 5.94. The van der Waals surface area contributed by atoms with Crippen LogP contribution >= 0.6 is 11.3 Å². The number of hydrogen-bond acceptors (Lipinski definition) is 5. The normalized spacial score (nSPS) is 10.7. The zero-order valence-electron chi connectivity index (χ0n) is 15.3. The average Bonchev–Trinajstić information content (AvgIpc) is 3.08. The molecule has 2 aromatic rings. The largest absolute Gasteiger partial charge is 0.493 e. The number of methoxy groups -OCH3 is 1. The van der Waals surface area contributed by atoms with Crippen LogP contribution in [0.2, 0.25) is 0 Å². The molecule has 0 amide bonds. The molecule has 0 aliphatic heterocycles. The Morgan fingerprint density at radius 2 is 2.12 bits per heavy atom. The van der Waals surface area contributed by atoms with Crippen LogP contribution in [0.15, 0.2) is 29.6 Å². The summed E-state index contributed by atoms with van der Waals surface area (Å²) in [4.78, 5) is 12.7. The fourth-order valence-electron chi connectivity index (χ4n) is 2.54. The van der Waals surface area contributed by atoms with Crippen LogP contribution < -0.4 is 10.1 Å². The highest BCUT2D eigenvalue weighted by molar-refractivity contribution is 7.10. The number of hydrogen-bond donors (Lipinski definition) is 1. The molecule has 2 rings (SSSR count). The van der Waals surface area contributed by atoms with Gasteiger partial charge in [0.2, 0.25) is 0 Å². The Morgan fingerprint density at radius 3 is 2.84 bits per heavy atom. The molecular weight excluding hydrogens is 334 g/mol. The molecule has 0 radical (unpaired) electrons. The molecule has 0 bridgehead atoms. The van der Waals surface area contributed by atoms with Gasteiger partial charge in [0, 0.05) is 23.4 Å². The highest BCUT2D eigenvalue weighted by Gasteiger charge is 2.11. The monoisotopic (exact) mass is 361 g/mol. The predicted octanol–water partition coefficient (Wildman–Crippen LogP) is 4.42. The molecule has 0 aliphatic rings. The summed E-state index contributed by atoms with van der Waals surface area (Å²) in [6, 6.07) is 8.43. The molecule has 25 heavy (non-hydrogen) atoms. The molecule has 0 saturated heterocycles. The van der Waals surface area contributed by atoms with Crippen molar-refractivity contribution in [2.45, 2.75) is 39.2 Å². The van der Waals surface area contributed by atoms with Crippen molar-refractivity contribution in [2.24, 2.45) is 0 Å². The van der Waals surface area contributed by atoms with Crippen molar-refractivity contribution in [1.29, 1.82) is 0 Å². The van der Waals surface area contributed by atoms with Crippen molar-refractivity contribution >= 4 is 17.3 Å². The zero-order valence-corrected chi connectivity index (χ0v) is 16.1. The summed E-state index contributed by atoms with van der Waals surface area (Å²) in [6.07, 6.45) is 3.17. The highest BCUT2D eigenvalue weighted by atomic mass is 32.1. The summed E-state index contributed by atoms with van der Waals surface area (Å²) >= 11 is 1.75. The van der Waals surface area contributed by atoms with Crippen molar-refractivity contribution in [3.63, 3.8) is 0 Å². The van der Waals surface area contributed by atoms with E-state index in [9.17, 15) is 4.79 Å². The average molecular weight is 362 g/mol. The number of benzene rings is 1. The van der Waals surface area contributed by atoms with E-state index in [0.29, 0.717) is 19.4 Å². The van der Waals surface area contributed by atoms with Crippen LogP contribution in [-0.2, 0) is 22.5 Å². The Bertz CT molecular complexity index is 681. The van der Waals surface area contributed by atoms with Crippen molar-refractivity contribution in [3.05, 3.63) is 40.1 Å². The summed E-state index contributed by atoms with van der Waals surface area (Å²) in [5.41, 5.74) is 3.38. The maximum Gasteiger partial charge on any atom is 0.305 e. The number of aryl methyl sites for hydroxylation is 1. The van der Waals surface area contributed by atoms with E-state index in [1.54, 1.807) is 11.3 Å². The first-order valence-electron chi connectivity index (χ1n) is 8.72. The molecule has 136 valence electrons.